The molecule has 2 heteroatoms. The van der Waals surface area contributed by atoms with E-state index in [-0.39, 0.29) is 0 Å². The van der Waals surface area contributed by atoms with Crippen LogP contribution in [0.15, 0.2) is 11.3 Å². The maximum absolute atomic E-state index is 5.29. The molecule has 0 spiro atoms. The van der Waals surface area contributed by atoms with E-state index >= 15 is 0 Å². The van der Waals surface area contributed by atoms with Gasteiger partial charge in [0.05, 0.1) is 0 Å². The van der Waals surface area contributed by atoms with Gasteiger partial charge >= 0.3 is 0 Å². The zero-order valence-electron chi connectivity index (χ0n) is 3.07. The molecule has 0 bridgehead atoms. The van der Waals surface area contributed by atoms with Crippen LogP contribution < -0.4 is 0 Å². The number of rotatable bonds is 0. The summed E-state index contributed by atoms with van der Waals surface area (Å²) in [6, 6.07) is 0. The van der Waals surface area contributed by atoms with Gasteiger partial charge in [0, 0.05) is 6.42 Å². The van der Waals surface area contributed by atoms with Gasteiger partial charge in [0.25, 0.3) is 0 Å². The minimum absolute atomic E-state index is 0.440. The predicted molar refractivity (Wildman–Crippen MR) is 22.9 cm³/mol. The first-order valence-electron chi connectivity index (χ1n) is 1.65. The molecule has 0 amide bonds. The molecule has 0 aromatic carbocycles. The summed E-state index contributed by atoms with van der Waals surface area (Å²) in [5.74, 6) is 0. The highest BCUT2D eigenvalue weighted by Crippen LogP contribution is 2.14. The Hall–Kier alpha value is -0.170. The SMILES string of the molecule is ClC1=CC[C]O1. The fraction of sp³-hybridized carbons (Fsp3) is 0.250. The summed E-state index contributed by atoms with van der Waals surface area (Å²) in [6.45, 7) is 2.55. The second-order valence-electron chi connectivity index (χ2n) is 0.959. The third-order valence-corrected chi connectivity index (χ3v) is 0.747. The molecule has 0 fully saturated rings. The average molecular weight is 103 g/mol. The Kier molecular flexibility index (Phi) is 1.01. The molecule has 1 heterocycles. The van der Waals surface area contributed by atoms with E-state index in [0.717, 1.165) is 6.42 Å². The lowest BCUT2D eigenvalue weighted by Crippen LogP contribution is -1.65. The van der Waals surface area contributed by atoms with Crippen molar-refractivity contribution < 1.29 is 4.74 Å². The van der Waals surface area contributed by atoms with Crippen LogP contribution in [-0.4, -0.2) is 0 Å². The van der Waals surface area contributed by atoms with E-state index in [9.17, 15) is 0 Å². The van der Waals surface area contributed by atoms with E-state index in [1.807, 2.05) is 0 Å². The number of ether oxygens (including phenoxy) is 1. The van der Waals surface area contributed by atoms with E-state index in [1.165, 1.54) is 0 Å². The summed E-state index contributed by atoms with van der Waals surface area (Å²) in [6.07, 6.45) is 2.47. The van der Waals surface area contributed by atoms with Crippen molar-refractivity contribution in [1.82, 2.24) is 0 Å². The Labute approximate surface area is 41.6 Å². The molecule has 1 aliphatic heterocycles. The molecule has 0 aromatic rings. The quantitative estimate of drug-likeness (QED) is 0.451. The smallest absolute Gasteiger partial charge is 0.201 e. The van der Waals surface area contributed by atoms with E-state index in [4.69, 9.17) is 11.6 Å². The molecule has 0 saturated heterocycles. The second-order valence-corrected chi connectivity index (χ2v) is 1.33. The van der Waals surface area contributed by atoms with Crippen LogP contribution in [-0.2, 0) is 4.74 Å². The fourth-order valence-electron chi connectivity index (χ4n) is 0.274. The lowest BCUT2D eigenvalue weighted by Gasteiger charge is -1.84. The monoisotopic (exact) mass is 102 g/mol. The Balaban J connectivity index is 2.45. The van der Waals surface area contributed by atoms with Gasteiger partial charge in [-0.3, -0.25) is 0 Å². The fourth-order valence-corrected chi connectivity index (χ4v) is 0.406. The van der Waals surface area contributed by atoms with Crippen LogP contribution in [0.2, 0.25) is 0 Å². The van der Waals surface area contributed by atoms with Crippen molar-refractivity contribution in [3.8, 4) is 0 Å². The first-order chi connectivity index (χ1) is 2.89. The Morgan fingerprint density at radius 2 is 2.83 bits per heavy atom. The Morgan fingerprint density at radius 3 is 3.00 bits per heavy atom. The summed E-state index contributed by atoms with van der Waals surface area (Å²) >= 11 is 5.29. The molecule has 0 saturated carbocycles. The van der Waals surface area contributed by atoms with Crippen LogP contribution >= 0.6 is 11.6 Å². The standard InChI is InChI=1S/C4H3ClO/c5-4-2-1-3-6-4/h2H,1H2. The van der Waals surface area contributed by atoms with Crippen LogP contribution in [0, 0.1) is 6.61 Å². The molecular weight excluding hydrogens is 99.5 g/mol. The molecule has 0 aromatic heterocycles. The van der Waals surface area contributed by atoms with Crippen molar-refractivity contribution in [1.29, 1.82) is 0 Å². The van der Waals surface area contributed by atoms with Gasteiger partial charge in [-0.05, 0) is 17.7 Å². The van der Waals surface area contributed by atoms with Gasteiger partial charge in [-0.25, -0.2) is 0 Å². The third-order valence-electron chi connectivity index (χ3n) is 0.516. The van der Waals surface area contributed by atoms with Crippen LogP contribution in [0.1, 0.15) is 6.42 Å². The van der Waals surface area contributed by atoms with Crippen LogP contribution in [0.3, 0.4) is 0 Å². The highest BCUT2D eigenvalue weighted by Gasteiger charge is 2.00. The lowest BCUT2D eigenvalue weighted by molar-refractivity contribution is 0.341. The molecule has 1 nitrogen and oxygen atoms in total. The molecular formula is C4H3ClO. The van der Waals surface area contributed by atoms with Crippen molar-refractivity contribution in [2.45, 2.75) is 6.42 Å². The van der Waals surface area contributed by atoms with E-state index < -0.39 is 0 Å². The topological polar surface area (TPSA) is 9.23 Å². The van der Waals surface area contributed by atoms with Gasteiger partial charge in [-0.15, -0.1) is 0 Å². The van der Waals surface area contributed by atoms with E-state index in [0.29, 0.717) is 5.22 Å². The molecule has 32 valence electrons. The van der Waals surface area contributed by atoms with E-state index in [1.54, 1.807) is 6.08 Å². The zero-order chi connectivity index (χ0) is 4.41. The average Bonchev–Trinajstić information content (AvgIpc) is 1.86. The maximum atomic E-state index is 5.29. The molecule has 0 unspecified atom stereocenters. The molecule has 6 heavy (non-hydrogen) atoms. The van der Waals surface area contributed by atoms with Crippen molar-refractivity contribution in [2.24, 2.45) is 0 Å². The van der Waals surface area contributed by atoms with Crippen molar-refractivity contribution in [3.05, 3.63) is 17.9 Å². The van der Waals surface area contributed by atoms with Gasteiger partial charge in [0.2, 0.25) is 6.61 Å². The summed E-state index contributed by atoms with van der Waals surface area (Å²) in [5, 5.41) is 0.440. The maximum Gasteiger partial charge on any atom is 0.201 e. The summed E-state index contributed by atoms with van der Waals surface area (Å²) in [7, 11) is 0. The van der Waals surface area contributed by atoms with Crippen LogP contribution in [0.4, 0.5) is 0 Å². The molecule has 0 N–H and O–H groups in total. The number of halogens is 1. The highest BCUT2D eigenvalue weighted by atomic mass is 35.5. The Bertz CT molecular complexity index is 77.6. The predicted octanol–water partition coefficient (Wildman–Crippen LogP) is 1.53. The summed E-state index contributed by atoms with van der Waals surface area (Å²) < 4.78 is 4.53. The van der Waals surface area contributed by atoms with Gasteiger partial charge in [0.1, 0.15) is 0 Å². The van der Waals surface area contributed by atoms with Crippen LogP contribution in [0.5, 0.6) is 0 Å². The van der Waals surface area contributed by atoms with Gasteiger partial charge in [0.15, 0.2) is 5.22 Å². The first-order valence-corrected chi connectivity index (χ1v) is 2.03. The minimum Gasteiger partial charge on any atom is -0.468 e. The number of hydrogen-bond donors (Lipinski definition) is 0. The molecule has 0 aliphatic carbocycles. The number of hydrogen-bond acceptors (Lipinski definition) is 1. The molecule has 1 aliphatic rings. The zero-order valence-corrected chi connectivity index (χ0v) is 3.83. The van der Waals surface area contributed by atoms with Crippen molar-refractivity contribution in [3.63, 3.8) is 0 Å². The second kappa shape index (κ2) is 1.52. The van der Waals surface area contributed by atoms with Gasteiger partial charge in [-0.2, -0.15) is 0 Å². The summed E-state index contributed by atoms with van der Waals surface area (Å²) in [4.78, 5) is 0. The largest absolute Gasteiger partial charge is 0.468 e. The molecule has 1 rings (SSSR count). The first kappa shape index (κ1) is 4.00. The van der Waals surface area contributed by atoms with E-state index in [2.05, 4.69) is 11.3 Å². The lowest BCUT2D eigenvalue weighted by atomic mass is 10.5. The highest BCUT2D eigenvalue weighted by molar-refractivity contribution is 6.28. The van der Waals surface area contributed by atoms with Crippen molar-refractivity contribution in [2.75, 3.05) is 0 Å². The molecule has 0 atom stereocenters. The van der Waals surface area contributed by atoms with Crippen LogP contribution in [0.25, 0.3) is 0 Å². The normalized spacial score (nSPS) is 19.8. The summed E-state index contributed by atoms with van der Waals surface area (Å²) in [5.41, 5.74) is 0. The minimum atomic E-state index is 0.440. The molecule has 2 radical (unpaired) electrons. The third kappa shape index (κ3) is 0.658. The Morgan fingerprint density at radius 1 is 2.00 bits per heavy atom. The van der Waals surface area contributed by atoms with Gasteiger partial charge < -0.3 is 4.74 Å². The van der Waals surface area contributed by atoms with Crippen molar-refractivity contribution >= 4 is 11.6 Å². The van der Waals surface area contributed by atoms with Gasteiger partial charge in [-0.1, -0.05) is 0 Å².